The van der Waals surface area contributed by atoms with E-state index in [2.05, 4.69) is 23.2 Å². The van der Waals surface area contributed by atoms with Crippen LogP contribution in [0.4, 0.5) is 4.79 Å². The van der Waals surface area contributed by atoms with Gasteiger partial charge in [0.1, 0.15) is 5.76 Å². The van der Waals surface area contributed by atoms with Crippen LogP contribution in [0, 0.1) is 0 Å². The van der Waals surface area contributed by atoms with E-state index >= 15 is 0 Å². The van der Waals surface area contributed by atoms with Gasteiger partial charge in [-0.1, -0.05) is 13.2 Å². The molecule has 0 aliphatic carbocycles. The fraction of sp³-hybridized carbons (Fsp3) is 0.333. The van der Waals surface area contributed by atoms with E-state index < -0.39 is 6.09 Å². The summed E-state index contributed by atoms with van der Waals surface area (Å²) < 4.78 is 4.46. The zero-order valence-corrected chi connectivity index (χ0v) is 8.13. The Labute approximate surface area is 82.6 Å². The van der Waals surface area contributed by atoms with E-state index in [9.17, 15) is 9.59 Å². The second kappa shape index (κ2) is 5.80. The lowest BCUT2D eigenvalue weighted by Crippen LogP contribution is -2.25. The minimum Gasteiger partial charge on any atom is -0.416 e. The van der Waals surface area contributed by atoms with Crippen molar-refractivity contribution in [2.75, 3.05) is 6.54 Å². The molecule has 0 rings (SSSR count). The zero-order valence-electron chi connectivity index (χ0n) is 8.13. The zero-order chi connectivity index (χ0) is 11.1. The van der Waals surface area contributed by atoms with Crippen molar-refractivity contribution in [1.29, 1.82) is 0 Å². The van der Waals surface area contributed by atoms with Gasteiger partial charge in [0.05, 0.1) is 0 Å². The van der Waals surface area contributed by atoms with Crippen LogP contribution in [0.3, 0.4) is 0 Å². The standard InChI is InChI=1S/C9H14N2O3/c1-6(2)8(12)11-5-4-7(3)14-9(10)13/h1,3-5H2,2H3,(H2,10,13)(H,11,12). The predicted molar refractivity (Wildman–Crippen MR) is 52.2 cm³/mol. The second-order valence-corrected chi connectivity index (χ2v) is 2.75. The lowest BCUT2D eigenvalue weighted by molar-refractivity contribution is -0.117. The molecule has 2 amide bonds. The van der Waals surface area contributed by atoms with Crippen LogP contribution in [-0.4, -0.2) is 18.5 Å². The number of nitrogens with one attached hydrogen (secondary N) is 1. The number of carbonyl (C=O) groups is 2. The first-order valence-electron chi connectivity index (χ1n) is 4.02. The van der Waals surface area contributed by atoms with Gasteiger partial charge in [0.15, 0.2) is 0 Å². The molecular formula is C9H14N2O3. The van der Waals surface area contributed by atoms with E-state index in [1.165, 1.54) is 0 Å². The fourth-order valence-corrected chi connectivity index (χ4v) is 0.660. The average molecular weight is 198 g/mol. The van der Waals surface area contributed by atoms with Gasteiger partial charge in [-0.15, -0.1) is 0 Å². The lowest BCUT2D eigenvalue weighted by Gasteiger charge is -2.06. The molecule has 3 N–H and O–H groups in total. The van der Waals surface area contributed by atoms with Gasteiger partial charge in [0, 0.05) is 18.5 Å². The Balaban J connectivity index is 3.64. The smallest absolute Gasteiger partial charge is 0.409 e. The van der Waals surface area contributed by atoms with Crippen molar-refractivity contribution in [2.45, 2.75) is 13.3 Å². The molecule has 78 valence electrons. The van der Waals surface area contributed by atoms with Gasteiger partial charge in [0.2, 0.25) is 5.91 Å². The number of carbonyl (C=O) groups excluding carboxylic acids is 2. The van der Waals surface area contributed by atoms with E-state index in [1.807, 2.05) is 0 Å². The van der Waals surface area contributed by atoms with Crippen molar-refractivity contribution in [3.63, 3.8) is 0 Å². The van der Waals surface area contributed by atoms with Crippen LogP contribution in [0.1, 0.15) is 13.3 Å². The first-order valence-corrected chi connectivity index (χ1v) is 4.02. The van der Waals surface area contributed by atoms with Crippen molar-refractivity contribution < 1.29 is 14.3 Å². The molecule has 0 aromatic rings. The molecule has 0 radical (unpaired) electrons. The molecule has 0 unspecified atom stereocenters. The summed E-state index contributed by atoms with van der Waals surface area (Å²) in [6.07, 6.45) is -0.566. The van der Waals surface area contributed by atoms with Crippen molar-refractivity contribution in [2.24, 2.45) is 5.73 Å². The van der Waals surface area contributed by atoms with Crippen LogP contribution in [0.2, 0.25) is 0 Å². The first-order chi connectivity index (χ1) is 6.43. The van der Waals surface area contributed by atoms with Gasteiger partial charge in [-0.2, -0.15) is 0 Å². The van der Waals surface area contributed by atoms with Gasteiger partial charge in [0.25, 0.3) is 0 Å². The summed E-state index contributed by atoms with van der Waals surface area (Å²) in [6.45, 7) is 8.83. The molecule has 0 aliphatic rings. The van der Waals surface area contributed by atoms with Crippen LogP contribution in [0.5, 0.6) is 0 Å². The number of ether oxygens (including phenoxy) is 1. The third-order valence-electron chi connectivity index (χ3n) is 1.32. The second-order valence-electron chi connectivity index (χ2n) is 2.75. The molecule has 0 aliphatic heterocycles. The van der Waals surface area contributed by atoms with Gasteiger partial charge in [-0.05, 0) is 6.92 Å². The van der Waals surface area contributed by atoms with Crippen molar-refractivity contribution in [3.8, 4) is 0 Å². The number of primary amides is 1. The third kappa shape index (κ3) is 5.82. The molecule has 0 fully saturated rings. The highest BCUT2D eigenvalue weighted by Crippen LogP contribution is 1.98. The largest absolute Gasteiger partial charge is 0.416 e. The molecule has 14 heavy (non-hydrogen) atoms. The van der Waals surface area contributed by atoms with Crippen LogP contribution in [0.15, 0.2) is 24.5 Å². The molecule has 0 aromatic carbocycles. The first kappa shape index (κ1) is 12.2. The Morgan fingerprint density at radius 3 is 2.43 bits per heavy atom. The van der Waals surface area contributed by atoms with Gasteiger partial charge in [-0.25, -0.2) is 4.79 Å². The minimum absolute atomic E-state index is 0.222. The van der Waals surface area contributed by atoms with E-state index in [1.54, 1.807) is 6.92 Å². The van der Waals surface area contributed by atoms with Crippen LogP contribution in [0.25, 0.3) is 0 Å². The number of nitrogens with two attached hydrogens (primary N) is 1. The van der Waals surface area contributed by atoms with Crippen LogP contribution >= 0.6 is 0 Å². The van der Waals surface area contributed by atoms with Crippen molar-refractivity contribution in [1.82, 2.24) is 5.32 Å². The molecule has 0 saturated carbocycles. The highest BCUT2D eigenvalue weighted by molar-refractivity contribution is 5.92. The summed E-state index contributed by atoms with van der Waals surface area (Å²) in [6, 6.07) is 0. The molecule has 0 heterocycles. The number of hydrogen-bond acceptors (Lipinski definition) is 3. The molecule has 0 bridgehead atoms. The predicted octanol–water partition coefficient (Wildman–Crippen LogP) is 0.678. The molecular weight excluding hydrogens is 184 g/mol. The molecule has 0 saturated heterocycles. The Bertz CT molecular complexity index is 271. The number of rotatable bonds is 5. The van der Waals surface area contributed by atoms with E-state index in [0.29, 0.717) is 18.5 Å². The topological polar surface area (TPSA) is 81.4 Å². The molecule has 5 nitrogen and oxygen atoms in total. The van der Waals surface area contributed by atoms with Crippen LogP contribution < -0.4 is 11.1 Å². The highest BCUT2D eigenvalue weighted by atomic mass is 16.5. The van der Waals surface area contributed by atoms with E-state index in [4.69, 9.17) is 5.73 Å². The molecule has 0 atom stereocenters. The highest BCUT2D eigenvalue weighted by Gasteiger charge is 2.02. The Kier molecular flexibility index (Phi) is 5.06. The third-order valence-corrected chi connectivity index (χ3v) is 1.32. The molecule has 0 spiro atoms. The number of hydrogen-bond donors (Lipinski definition) is 2. The van der Waals surface area contributed by atoms with E-state index in [-0.39, 0.29) is 11.7 Å². The summed E-state index contributed by atoms with van der Waals surface area (Å²) >= 11 is 0. The Morgan fingerprint density at radius 2 is 2.00 bits per heavy atom. The van der Waals surface area contributed by atoms with Crippen LogP contribution in [-0.2, 0) is 9.53 Å². The van der Waals surface area contributed by atoms with Gasteiger partial charge < -0.3 is 15.8 Å². The van der Waals surface area contributed by atoms with Crippen molar-refractivity contribution >= 4 is 12.0 Å². The normalized spacial score (nSPS) is 8.93. The maximum atomic E-state index is 11.0. The fourth-order valence-electron chi connectivity index (χ4n) is 0.660. The Morgan fingerprint density at radius 1 is 1.43 bits per heavy atom. The summed E-state index contributed by atoms with van der Waals surface area (Å²) in [7, 11) is 0. The summed E-state index contributed by atoms with van der Waals surface area (Å²) in [4.78, 5) is 21.2. The number of amides is 2. The maximum Gasteiger partial charge on any atom is 0.409 e. The quantitative estimate of drug-likeness (QED) is 0.503. The van der Waals surface area contributed by atoms with E-state index in [0.717, 1.165) is 0 Å². The van der Waals surface area contributed by atoms with Gasteiger partial charge in [-0.3, -0.25) is 4.79 Å². The molecule has 5 heteroatoms. The summed E-state index contributed by atoms with van der Waals surface area (Å²) in [5.74, 6) is -0.0172. The summed E-state index contributed by atoms with van der Waals surface area (Å²) in [5, 5.41) is 2.55. The SMILES string of the molecule is C=C(CCNC(=O)C(=C)C)OC(N)=O. The lowest BCUT2D eigenvalue weighted by atomic mass is 10.3. The molecule has 0 aromatic heterocycles. The minimum atomic E-state index is -0.902. The Hall–Kier alpha value is -1.78. The van der Waals surface area contributed by atoms with Crippen molar-refractivity contribution in [3.05, 3.63) is 24.5 Å². The summed E-state index contributed by atoms with van der Waals surface area (Å²) in [5.41, 5.74) is 5.17. The monoisotopic (exact) mass is 198 g/mol. The average Bonchev–Trinajstić information content (AvgIpc) is 2.02. The van der Waals surface area contributed by atoms with Gasteiger partial charge >= 0.3 is 6.09 Å². The maximum absolute atomic E-state index is 11.0.